The van der Waals surface area contributed by atoms with E-state index in [0.29, 0.717) is 11.6 Å². The van der Waals surface area contributed by atoms with Crippen LogP contribution in [0.4, 0.5) is 0 Å². The molecule has 0 saturated heterocycles. The van der Waals surface area contributed by atoms with E-state index in [1.165, 1.54) is 0 Å². The summed E-state index contributed by atoms with van der Waals surface area (Å²) in [6, 6.07) is 3.93. The van der Waals surface area contributed by atoms with Gasteiger partial charge in [0.05, 0.1) is 11.1 Å². The van der Waals surface area contributed by atoms with E-state index in [1.54, 1.807) is 0 Å². The quantitative estimate of drug-likeness (QED) is 0.668. The topological polar surface area (TPSA) is 35.2 Å². The molecule has 2 rings (SSSR count). The standard InChI is InChI=1S/C9H10ClNO/c1-5-2-3-6-7(11)4-12-9(6)8(5)10/h2-3,7H,4,11H2,1H3. The normalized spacial score (nSPS) is 20.4. The van der Waals surface area contributed by atoms with Crippen LogP contribution in [0.25, 0.3) is 0 Å². The highest BCUT2D eigenvalue weighted by atomic mass is 35.5. The third kappa shape index (κ3) is 0.993. The number of ether oxygens (including phenoxy) is 1. The number of hydrogen-bond acceptors (Lipinski definition) is 2. The van der Waals surface area contributed by atoms with Crippen molar-refractivity contribution < 1.29 is 4.74 Å². The highest BCUT2D eigenvalue weighted by molar-refractivity contribution is 6.33. The highest BCUT2D eigenvalue weighted by Gasteiger charge is 2.23. The number of aryl methyl sites for hydroxylation is 1. The van der Waals surface area contributed by atoms with Crippen LogP contribution in [-0.4, -0.2) is 6.61 Å². The average Bonchev–Trinajstić information content (AvgIpc) is 2.41. The zero-order chi connectivity index (χ0) is 8.72. The van der Waals surface area contributed by atoms with E-state index in [0.717, 1.165) is 16.9 Å². The maximum Gasteiger partial charge on any atom is 0.143 e. The summed E-state index contributed by atoms with van der Waals surface area (Å²) in [6.07, 6.45) is 0. The molecule has 2 N–H and O–H groups in total. The van der Waals surface area contributed by atoms with Gasteiger partial charge in [-0.1, -0.05) is 23.7 Å². The Morgan fingerprint density at radius 1 is 1.58 bits per heavy atom. The monoisotopic (exact) mass is 183 g/mol. The van der Waals surface area contributed by atoms with Crippen molar-refractivity contribution in [2.24, 2.45) is 5.73 Å². The number of nitrogens with two attached hydrogens (primary N) is 1. The van der Waals surface area contributed by atoms with Crippen molar-refractivity contribution in [1.29, 1.82) is 0 Å². The molecule has 1 atom stereocenters. The summed E-state index contributed by atoms with van der Waals surface area (Å²) in [7, 11) is 0. The minimum atomic E-state index is -0.0156. The van der Waals surface area contributed by atoms with Crippen LogP contribution in [-0.2, 0) is 0 Å². The summed E-state index contributed by atoms with van der Waals surface area (Å²) in [5.41, 5.74) is 7.83. The lowest BCUT2D eigenvalue weighted by molar-refractivity contribution is 0.333. The van der Waals surface area contributed by atoms with Gasteiger partial charge in [0.2, 0.25) is 0 Å². The molecule has 2 nitrogen and oxygen atoms in total. The SMILES string of the molecule is Cc1ccc2c(c1Cl)OCC2N. The smallest absolute Gasteiger partial charge is 0.143 e. The molecule has 1 unspecified atom stereocenters. The van der Waals surface area contributed by atoms with Crippen molar-refractivity contribution in [3.05, 3.63) is 28.3 Å². The third-order valence-electron chi connectivity index (χ3n) is 2.13. The van der Waals surface area contributed by atoms with E-state index in [9.17, 15) is 0 Å². The first-order valence-electron chi connectivity index (χ1n) is 3.87. The van der Waals surface area contributed by atoms with Crippen LogP contribution in [0.1, 0.15) is 17.2 Å². The molecule has 0 spiro atoms. The fraction of sp³-hybridized carbons (Fsp3) is 0.333. The summed E-state index contributed by atoms with van der Waals surface area (Å²) in [5, 5.41) is 0.695. The van der Waals surface area contributed by atoms with Gasteiger partial charge in [0, 0.05) is 5.56 Å². The number of fused-ring (bicyclic) bond motifs is 1. The van der Waals surface area contributed by atoms with E-state index in [-0.39, 0.29) is 6.04 Å². The highest BCUT2D eigenvalue weighted by Crippen LogP contribution is 2.38. The van der Waals surface area contributed by atoms with Gasteiger partial charge in [-0.2, -0.15) is 0 Å². The molecule has 64 valence electrons. The van der Waals surface area contributed by atoms with Gasteiger partial charge in [-0.3, -0.25) is 0 Å². The lowest BCUT2D eigenvalue weighted by Crippen LogP contribution is -2.10. The summed E-state index contributed by atoms with van der Waals surface area (Å²) >= 11 is 6.02. The Balaban J connectivity index is 2.60. The lowest BCUT2D eigenvalue weighted by atomic mass is 10.1. The van der Waals surface area contributed by atoms with E-state index in [1.807, 2.05) is 19.1 Å². The Morgan fingerprint density at radius 2 is 2.33 bits per heavy atom. The zero-order valence-electron chi connectivity index (χ0n) is 6.80. The van der Waals surface area contributed by atoms with E-state index < -0.39 is 0 Å². The van der Waals surface area contributed by atoms with E-state index >= 15 is 0 Å². The van der Waals surface area contributed by atoms with E-state index in [4.69, 9.17) is 22.1 Å². The van der Waals surface area contributed by atoms with Crippen LogP contribution < -0.4 is 10.5 Å². The van der Waals surface area contributed by atoms with Gasteiger partial charge in [-0.25, -0.2) is 0 Å². The fourth-order valence-electron chi connectivity index (χ4n) is 1.37. The number of rotatable bonds is 0. The third-order valence-corrected chi connectivity index (χ3v) is 2.60. The maximum atomic E-state index is 6.02. The molecular formula is C9H10ClNO. The van der Waals surface area contributed by atoms with Crippen molar-refractivity contribution in [1.82, 2.24) is 0 Å². The van der Waals surface area contributed by atoms with Crippen LogP contribution in [0.2, 0.25) is 5.02 Å². The lowest BCUT2D eigenvalue weighted by Gasteiger charge is -2.04. The van der Waals surface area contributed by atoms with Gasteiger partial charge in [-0.15, -0.1) is 0 Å². The first-order chi connectivity index (χ1) is 5.70. The Morgan fingerprint density at radius 3 is 3.08 bits per heavy atom. The van der Waals surface area contributed by atoms with Crippen molar-refractivity contribution in [3.63, 3.8) is 0 Å². The Bertz CT molecular complexity index is 325. The van der Waals surface area contributed by atoms with Gasteiger partial charge >= 0.3 is 0 Å². The minimum absolute atomic E-state index is 0.0156. The molecule has 1 aromatic carbocycles. The van der Waals surface area contributed by atoms with Gasteiger partial charge in [0.25, 0.3) is 0 Å². The average molecular weight is 184 g/mol. The first-order valence-corrected chi connectivity index (χ1v) is 4.25. The van der Waals surface area contributed by atoms with Gasteiger partial charge < -0.3 is 10.5 Å². The number of benzene rings is 1. The van der Waals surface area contributed by atoms with Crippen LogP contribution in [0.15, 0.2) is 12.1 Å². The fourth-order valence-corrected chi connectivity index (χ4v) is 1.60. The minimum Gasteiger partial charge on any atom is -0.490 e. The second-order valence-corrected chi connectivity index (χ2v) is 3.41. The molecule has 0 radical (unpaired) electrons. The Kier molecular flexibility index (Phi) is 1.74. The van der Waals surface area contributed by atoms with Crippen molar-refractivity contribution >= 4 is 11.6 Å². The van der Waals surface area contributed by atoms with E-state index in [2.05, 4.69) is 0 Å². The van der Waals surface area contributed by atoms with Gasteiger partial charge in [0.15, 0.2) is 0 Å². The van der Waals surface area contributed by atoms with Crippen LogP contribution >= 0.6 is 11.6 Å². The molecule has 1 aliphatic rings. The molecule has 0 aromatic heterocycles. The molecule has 1 heterocycles. The Hall–Kier alpha value is -0.730. The molecule has 12 heavy (non-hydrogen) atoms. The van der Waals surface area contributed by atoms with Gasteiger partial charge in [-0.05, 0) is 12.5 Å². The molecule has 1 aromatic rings. The predicted octanol–water partition coefficient (Wildman–Crippen LogP) is 2.04. The van der Waals surface area contributed by atoms with Crippen LogP contribution in [0, 0.1) is 6.92 Å². The van der Waals surface area contributed by atoms with Crippen molar-refractivity contribution in [2.45, 2.75) is 13.0 Å². The van der Waals surface area contributed by atoms with Crippen LogP contribution in [0.3, 0.4) is 0 Å². The number of hydrogen-bond donors (Lipinski definition) is 1. The molecule has 0 aliphatic carbocycles. The molecule has 0 saturated carbocycles. The molecule has 0 amide bonds. The van der Waals surface area contributed by atoms with Gasteiger partial charge in [0.1, 0.15) is 12.4 Å². The van der Waals surface area contributed by atoms with Crippen molar-refractivity contribution in [3.8, 4) is 5.75 Å². The second-order valence-electron chi connectivity index (χ2n) is 3.03. The summed E-state index contributed by atoms with van der Waals surface area (Å²) in [4.78, 5) is 0. The summed E-state index contributed by atoms with van der Waals surface area (Å²) in [5.74, 6) is 0.768. The second kappa shape index (κ2) is 2.64. The van der Waals surface area contributed by atoms with Crippen LogP contribution in [0.5, 0.6) is 5.75 Å². The maximum absolute atomic E-state index is 6.02. The Labute approximate surface area is 76.3 Å². The first kappa shape index (κ1) is 7.90. The number of halogens is 1. The molecule has 0 bridgehead atoms. The predicted molar refractivity (Wildman–Crippen MR) is 48.6 cm³/mol. The molecule has 0 fully saturated rings. The summed E-state index contributed by atoms with van der Waals surface area (Å²) < 4.78 is 5.37. The summed E-state index contributed by atoms with van der Waals surface area (Å²) in [6.45, 7) is 2.49. The van der Waals surface area contributed by atoms with Crippen molar-refractivity contribution in [2.75, 3.05) is 6.61 Å². The molecular weight excluding hydrogens is 174 g/mol. The molecule has 1 aliphatic heterocycles. The largest absolute Gasteiger partial charge is 0.490 e. The molecule has 3 heteroatoms. The zero-order valence-corrected chi connectivity index (χ0v) is 7.56.